The number of terminal acetylenes is 1. The highest BCUT2D eigenvalue weighted by molar-refractivity contribution is 7.89. The Morgan fingerprint density at radius 1 is 1.05 bits per heavy atom. The first-order valence-corrected chi connectivity index (χ1v) is 15.4. The van der Waals surface area contributed by atoms with Crippen LogP contribution >= 0.6 is 0 Å². The van der Waals surface area contributed by atoms with Gasteiger partial charge in [0.2, 0.25) is 11.7 Å². The highest BCUT2D eigenvalue weighted by Crippen LogP contribution is 2.26. The molecule has 14 heteroatoms. The summed E-state index contributed by atoms with van der Waals surface area (Å²) in [4.78, 5) is 41.6. The molecular formula is C30H29N7O6S. The molecule has 2 aliphatic heterocycles. The number of aromatic amines is 1. The first-order chi connectivity index (χ1) is 21.2. The highest BCUT2D eigenvalue weighted by Gasteiger charge is 2.39. The molecule has 2 amide bonds. The van der Waals surface area contributed by atoms with Crippen LogP contribution in [0.2, 0.25) is 0 Å². The summed E-state index contributed by atoms with van der Waals surface area (Å²) in [7, 11) is -4.00. The lowest BCUT2D eigenvalue weighted by Crippen LogP contribution is -2.58. The molecule has 1 N–H and O–H groups in total. The van der Waals surface area contributed by atoms with Crippen LogP contribution in [0.1, 0.15) is 22.6 Å². The third-order valence-corrected chi connectivity index (χ3v) is 9.63. The van der Waals surface area contributed by atoms with E-state index >= 15 is 0 Å². The van der Waals surface area contributed by atoms with Gasteiger partial charge in [-0.15, -0.1) is 6.42 Å². The number of nitrogens with one attached hydrogen (secondary N) is 1. The van der Waals surface area contributed by atoms with Crippen LogP contribution in [-0.2, 0) is 19.6 Å². The Balaban J connectivity index is 1.25. The van der Waals surface area contributed by atoms with Crippen molar-refractivity contribution in [1.29, 1.82) is 0 Å². The number of morpholine rings is 1. The minimum Gasteiger partial charge on any atom is -0.619 e. The second-order valence-electron chi connectivity index (χ2n) is 10.5. The quantitative estimate of drug-likeness (QED) is 0.191. The van der Waals surface area contributed by atoms with E-state index < -0.39 is 22.0 Å². The van der Waals surface area contributed by atoms with E-state index in [4.69, 9.17) is 11.2 Å². The molecule has 5 heterocycles. The number of ether oxygens (including phenoxy) is 1. The molecule has 44 heavy (non-hydrogen) atoms. The first-order valence-electron chi connectivity index (χ1n) is 14.0. The van der Waals surface area contributed by atoms with Crippen molar-refractivity contribution in [3.8, 4) is 23.5 Å². The lowest BCUT2D eigenvalue weighted by Gasteiger charge is -2.41. The number of carbonyl (C=O) groups is 2. The fraction of sp³-hybridized carbons (Fsp3) is 0.300. The molecule has 0 spiro atoms. The van der Waals surface area contributed by atoms with Gasteiger partial charge in [0.1, 0.15) is 5.03 Å². The summed E-state index contributed by atoms with van der Waals surface area (Å²) in [6, 6.07) is 9.19. The van der Waals surface area contributed by atoms with E-state index in [-0.39, 0.29) is 42.8 Å². The Morgan fingerprint density at radius 3 is 2.48 bits per heavy atom. The van der Waals surface area contributed by atoms with Crippen LogP contribution in [0, 0.1) is 17.6 Å². The van der Waals surface area contributed by atoms with E-state index in [1.54, 1.807) is 35.2 Å². The molecule has 2 aliphatic rings. The lowest BCUT2D eigenvalue weighted by atomic mass is 10.1. The first kappa shape index (κ1) is 29.2. The lowest BCUT2D eigenvalue weighted by molar-refractivity contribution is -0.605. The van der Waals surface area contributed by atoms with Crippen molar-refractivity contribution in [3.63, 3.8) is 0 Å². The summed E-state index contributed by atoms with van der Waals surface area (Å²) in [5, 5.41) is 12.0. The van der Waals surface area contributed by atoms with Gasteiger partial charge in [0.15, 0.2) is 12.4 Å². The Morgan fingerprint density at radius 2 is 1.77 bits per heavy atom. The van der Waals surface area contributed by atoms with Crippen LogP contribution < -0.4 is 4.73 Å². The van der Waals surface area contributed by atoms with Crippen molar-refractivity contribution in [1.82, 2.24) is 29.1 Å². The zero-order valence-corrected chi connectivity index (χ0v) is 24.4. The van der Waals surface area contributed by atoms with Gasteiger partial charge in [-0.25, -0.2) is 18.4 Å². The van der Waals surface area contributed by atoms with Crippen LogP contribution in [0.15, 0.2) is 66.2 Å². The number of H-pyrrole nitrogens is 1. The van der Waals surface area contributed by atoms with E-state index in [0.29, 0.717) is 58.6 Å². The van der Waals surface area contributed by atoms with Crippen LogP contribution in [0.3, 0.4) is 0 Å². The summed E-state index contributed by atoms with van der Waals surface area (Å²) < 4.78 is 34.9. The van der Waals surface area contributed by atoms with Gasteiger partial charge in [-0.1, -0.05) is 5.92 Å². The SMILES string of the molecule is C#Cc1ccc2[nH]c(S(=O)(=O)N3CCN(C(=O)c4ncc(-c5cc[n+]([O-])cc5)cn4)C(CC(=O)N4CCOCC4)C3)cc2c1. The van der Waals surface area contributed by atoms with Gasteiger partial charge >= 0.3 is 0 Å². The number of hydrogen-bond donors (Lipinski definition) is 1. The Labute approximate surface area is 253 Å². The van der Waals surface area contributed by atoms with Crippen LogP contribution in [-0.4, -0.2) is 101 Å². The molecule has 0 radical (unpaired) electrons. The summed E-state index contributed by atoms with van der Waals surface area (Å²) in [6.45, 7) is 1.63. The fourth-order valence-corrected chi connectivity index (χ4v) is 6.91. The fourth-order valence-electron chi connectivity index (χ4n) is 5.43. The van der Waals surface area contributed by atoms with Crippen molar-refractivity contribution in [2.24, 2.45) is 0 Å². The zero-order valence-electron chi connectivity index (χ0n) is 23.6. The molecular weight excluding hydrogens is 586 g/mol. The van der Waals surface area contributed by atoms with Crippen molar-refractivity contribution in [2.75, 3.05) is 45.9 Å². The van der Waals surface area contributed by atoms with Crippen LogP contribution in [0.25, 0.3) is 22.0 Å². The Hall–Kier alpha value is -4.84. The largest absolute Gasteiger partial charge is 0.619 e. The molecule has 4 aromatic rings. The van der Waals surface area contributed by atoms with Crippen molar-refractivity contribution >= 4 is 32.7 Å². The van der Waals surface area contributed by atoms with Gasteiger partial charge in [-0.05, 0) is 29.8 Å². The number of benzene rings is 1. The Kier molecular flexibility index (Phi) is 8.00. The minimum atomic E-state index is -4.00. The number of aromatic nitrogens is 4. The third kappa shape index (κ3) is 5.85. The molecule has 3 aromatic heterocycles. The van der Waals surface area contributed by atoms with Crippen molar-refractivity contribution < 1.29 is 27.5 Å². The number of hydrogen-bond acceptors (Lipinski definition) is 8. The van der Waals surface area contributed by atoms with Gasteiger partial charge in [0.05, 0.1) is 19.3 Å². The molecule has 0 bridgehead atoms. The number of pyridine rings is 1. The number of carbonyl (C=O) groups excluding carboxylic acids is 2. The molecule has 1 atom stereocenters. The van der Waals surface area contributed by atoms with E-state index in [0.717, 1.165) is 0 Å². The van der Waals surface area contributed by atoms with Gasteiger partial charge in [0.25, 0.3) is 15.9 Å². The predicted molar refractivity (Wildman–Crippen MR) is 158 cm³/mol. The molecule has 1 aromatic carbocycles. The summed E-state index contributed by atoms with van der Waals surface area (Å²) >= 11 is 0. The number of piperazine rings is 1. The van der Waals surface area contributed by atoms with Crippen molar-refractivity contribution in [3.05, 3.63) is 77.8 Å². The zero-order chi connectivity index (χ0) is 30.8. The maximum absolute atomic E-state index is 13.8. The molecule has 6 rings (SSSR count). The molecule has 13 nitrogen and oxygen atoms in total. The smallest absolute Gasteiger partial charge is 0.292 e. The second kappa shape index (κ2) is 12.0. The summed E-state index contributed by atoms with van der Waals surface area (Å²) in [5.41, 5.74) is 2.57. The molecule has 1 unspecified atom stereocenters. The van der Waals surface area contributed by atoms with E-state index in [1.165, 1.54) is 40.1 Å². The van der Waals surface area contributed by atoms with E-state index in [2.05, 4.69) is 20.9 Å². The predicted octanol–water partition coefficient (Wildman–Crippen LogP) is 1.00. The average Bonchev–Trinajstić information content (AvgIpc) is 3.50. The van der Waals surface area contributed by atoms with Gasteiger partial charge < -0.3 is 24.7 Å². The van der Waals surface area contributed by atoms with Gasteiger partial charge in [-0.3, -0.25) is 9.59 Å². The minimum absolute atomic E-state index is 0.00189. The van der Waals surface area contributed by atoms with Crippen LogP contribution in [0.4, 0.5) is 0 Å². The molecule has 226 valence electrons. The van der Waals surface area contributed by atoms with E-state index in [9.17, 15) is 23.2 Å². The highest BCUT2D eigenvalue weighted by atomic mass is 32.2. The average molecular weight is 616 g/mol. The van der Waals surface area contributed by atoms with Crippen LogP contribution in [0.5, 0.6) is 0 Å². The summed E-state index contributed by atoms with van der Waals surface area (Å²) in [6.07, 6.45) is 11.1. The van der Waals surface area contributed by atoms with Gasteiger partial charge in [-0.2, -0.15) is 9.04 Å². The number of amides is 2. The maximum atomic E-state index is 13.8. The summed E-state index contributed by atoms with van der Waals surface area (Å²) in [5.74, 6) is 1.76. The maximum Gasteiger partial charge on any atom is 0.292 e. The van der Waals surface area contributed by atoms with Crippen molar-refractivity contribution in [2.45, 2.75) is 17.5 Å². The molecule has 2 saturated heterocycles. The standard InChI is InChI=1S/C30H29N7O6S/c1-2-21-3-4-26-23(15-21)16-27(33-26)44(41,42)36-9-10-37(25(20-36)17-28(38)34-11-13-43-14-12-34)30(39)29-31-18-24(19-32-29)22-5-7-35(40)8-6-22/h1,3-8,15-16,18-19,25,33H,9-14,17,20H2. The normalized spacial score (nSPS) is 17.8. The topological polar surface area (TPSA) is 156 Å². The number of rotatable bonds is 6. The molecule has 2 fully saturated rings. The number of fused-ring (bicyclic) bond motifs is 1. The second-order valence-corrected chi connectivity index (χ2v) is 12.4. The molecule has 0 saturated carbocycles. The van der Waals surface area contributed by atoms with E-state index in [1.807, 2.05) is 0 Å². The monoisotopic (exact) mass is 615 g/mol. The number of nitrogens with zero attached hydrogens (tertiary/aromatic N) is 6. The molecule has 0 aliphatic carbocycles. The third-order valence-electron chi connectivity index (χ3n) is 7.84. The Bertz CT molecular complexity index is 1850. The number of sulfonamides is 1. The van der Waals surface area contributed by atoms with Gasteiger partial charge in [0, 0.05) is 85.7 Å².